The smallest absolute Gasteiger partial charge is 0.244 e. The van der Waals surface area contributed by atoms with Crippen LogP contribution in [0.25, 0.3) is 0 Å². The van der Waals surface area contributed by atoms with E-state index >= 15 is 0 Å². The van der Waals surface area contributed by atoms with Gasteiger partial charge in [-0.1, -0.05) is 24.3 Å². The molecule has 1 aliphatic rings. The Hall–Kier alpha value is -1.96. The van der Waals surface area contributed by atoms with E-state index in [-0.39, 0.29) is 4.90 Å². The topological polar surface area (TPSA) is 58.6 Å². The van der Waals surface area contributed by atoms with Crippen LogP contribution in [-0.4, -0.2) is 39.5 Å². The van der Waals surface area contributed by atoms with Gasteiger partial charge in [0.25, 0.3) is 0 Å². The maximum Gasteiger partial charge on any atom is 0.244 e. The van der Waals surface area contributed by atoms with Crippen LogP contribution in [0.5, 0.6) is 5.75 Å². The average Bonchev–Trinajstić information content (AvgIpc) is 2.63. The van der Waals surface area contributed by atoms with Crippen LogP contribution in [0.2, 0.25) is 0 Å². The zero-order valence-corrected chi connectivity index (χ0v) is 15.0. The Bertz CT molecular complexity index is 870. The summed E-state index contributed by atoms with van der Waals surface area (Å²) in [6.07, 6.45) is 0. The number of piperazine rings is 1. The van der Waals surface area contributed by atoms with E-state index in [1.54, 1.807) is 14.0 Å². The first kappa shape index (κ1) is 17.8. The SMILES string of the molecule is COc1ccccc1C1CNCCN1S(=O)(=O)c1cc(F)ccc1C. The molecule has 0 amide bonds. The number of rotatable bonds is 4. The number of nitrogens with zero attached hydrogens (tertiary/aromatic N) is 1. The van der Waals surface area contributed by atoms with Gasteiger partial charge in [-0.25, -0.2) is 12.8 Å². The van der Waals surface area contributed by atoms with E-state index in [0.29, 0.717) is 30.9 Å². The Labute approximate surface area is 147 Å². The highest BCUT2D eigenvalue weighted by Gasteiger charge is 2.36. The summed E-state index contributed by atoms with van der Waals surface area (Å²) in [5.41, 5.74) is 1.31. The van der Waals surface area contributed by atoms with Crippen molar-refractivity contribution in [2.75, 3.05) is 26.7 Å². The first-order valence-corrected chi connectivity index (χ1v) is 9.51. The van der Waals surface area contributed by atoms with Gasteiger partial charge < -0.3 is 10.1 Å². The molecule has 0 aromatic heterocycles. The molecule has 2 aromatic rings. The fourth-order valence-corrected chi connectivity index (χ4v) is 5.00. The zero-order valence-electron chi connectivity index (χ0n) is 14.2. The molecule has 7 heteroatoms. The third-order valence-corrected chi connectivity index (χ3v) is 6.48. The van der Waals surface area contributed by atoms with Gasteiger partial charge in [0.15, 0.2) is 0 Å². The van der Waals surface area contributed by atoms with Crippen molar-refractivity contribution in [3.05, 3.63) is 59.4 Å². The fraction of sp³-hybridized carbons (Fsp3) is 0.333. The van der Waals surface area contributed by atoms with Gasteiger partial charge in [0, 0.05) is 25.2 Å². The molecule has 1 saturated heterocycles. The Balaban J connectivity index is 2.08. The average molecular weight is 364 g/mol. The molecule has 1 heterocycles. The molecule has 3 rings (SSSR count). The second-order valence-electron chi connectivity index (χ2n) is 5.99. The minimum Gasteiger partial charge on any atom is -0.496 e. The van der Waals surface area contributed by atoms with Crippen molar-refractivity contribution in [1.82, 2.24) is 9.62 Å². The number of methoxy groups -OCH3 is 1. The lowest BCUT2D eigenvalue weighted by molar-refractivity contribution is 0.264. The number of hydrogen-bond acceptors (Lipinski definition) is 4. The number of sulfonamides is 1. The molecule has 1 atom stereocenters. The lowest BCUT2D eigenvalue weighted by atomic mass is 10.0. The molecule has 25 heavy (non-hydrogen) atoms. The minimum atomic E-state index is -3.84. The molecule has 5 nitrogen and oxygen atoms in total. The van der Waals surface area contributed by atoms with Crippen molar-refractivity contribution in [2.45, 2.75) is 17.9 Å². The predicted molar refractivity (Wildman–Crippen MR) is 93.6 cm³/mol. The summed E-state index contributed by atoms with van der Waals surface area (Å²) in [5.74, 6) is 0.0699. The van der Waals surface area contributed by atoms with Crippen LogP contribution in [0.4, 0.5) is 4.39 Å². The number of para-hydroxylation sites is 1. The Morgan fingerprint density at radius 1 is 1.24 bits per heavy atom. The highest BCUT2D eigenvalue weighted by atomic mass is 32.2. The van der Waals surface area contributed by atoms with E-state index in [1.165, 1.54) is 16.4 Å². The lowest BCUT2D eigenvalue weighted by Crippen LogP contribution is -2.48. The number of benzene rings is 2. The van der Waals surface area contributed by atoms with Crippen LogP contribution in [0.1, 0.15) is 17.2 Å². The van der Waals surface area contributed by atoms with E-state index in [4.69, 9.17) is 4.74 Å². The molecule has 1 aliphatic heterocycles. The van der Waals surface area contributed by atoms with Crippen LogP contribution in [0.15, 0.2) is 47.4 Å². The molecule has 0 aliphatic carbocycles. The third-order valence-electron chi connectivity index (χ3n) is 4.43. The molecule has 0 radical (unpaired) electrons. The van der Waals surface area contributed by atoms with E-state index in [2.05, 4.69) is 5.32 Å². The highest BCUT2D eigenvalue weighted by Crippen LogP contribution is 2.34. The number of hydrogen-bond donors (Lipinski definition) is 1. The van der Waals surface area contributed by atoms with Gasteiger partial charge in [-0.15, -0.1) is 0 Å². The van der Waals surface area contributed by atoms with Crippen LogP contribution in [0, 0.1) is 12.7 Å². The second kappa shape index (κ2) is 7.11. The summed E-state index contributed by atoms with van der Waals surface area (Å²) in [5, 5.41) is 3.23. The number of aryl methyl sites for hydroxylation is 1. The normalized spacial score (nSPS) is 18.9. The Morgan fingerprint density at radius 3 is 2.76 bits per heavy atom. The number of ether oxygens (including phenoxy) is 1. The minimum absolute atomic E-state index is 0.00861. The molecule has 1 fully saturated rings. The van der Waals surface area contributed by atoms with Crippen molar-refractivity contribution in [3.8, 4) is 5.75 Å². The Morgan fingerprint density at radius 2 is 2.00 bits per heavy atom. The van der Waals surface area contributed by atoms with Crippen LogP contribution in [0.3, 0.4) is 0 Å². The fourth-order valence-electron chi connectivity index (χ4n) is 3.16. The predicted octanol–water partition coefficient (Wildman–Crippen LogP) is 2.48. The quantitative estimate of drug-likeness (QED) is 0.906. The molecule has 0 bridgehead atoms. The maximum absolute atomic E-state index is 13.7. The molecule has 2 aromatic carbocycles. The van der Waals surface area contributed by atoms with Crippen molar-refractivity contribution < 1.29 is 17.5 Å². The van der Waals surface area contributed by atoms with Gasteiger partial charge in [0.1, 0.15) is 11.6 Å². The van der Waals surface area contributed by atoms with E-state index in [0.717, 1.165) is 11.6 Å². The largest absolute Gasteiger partial charge is 0.496 e. The first-order valence-electron chi connectivity index (χ1n) is 8.07. The van der Waals surface area contributed by atoms with Crippen LogP contribution < -0.4 is 10.1 Å². The van der Waals surface area contributed by atoms with Crippen molar-refractivity contribution in [2.24, 2.45) is 0 Å². The van der Waals surface area contributed by atoms with Gasteiger partial charge >= 0.3 is 0 Å². The summed E-state index contributed by atoms with van der Waals surface area (Å²) in [4.78, 5) is 0.00861. The molecule has 134 valence electrons. The summed E-state index contributed by atoms with van der Waals surface area (Å²) in [6.45, 7) is 2.99. The first-order chi connectivity index (χ1) is 11.9. The summed E-state index contributed by atoms with van der Waals surface area (Å²) < 4.78 is 47.0. The van der Waals surface area contributed by atoms with Gasteiger partial charge in [-0.2, -0.15) is 4.31 Å². The standard InChI is InChI=1S/C18H21FN2O3S/c1-13-7-8-14(19)11-18(13)25(22,23)21-10-9-20-12-16(21)15-5-3-4-6-17(15)24-2/h3-8,11,16,20H,9-10,12H2,1-2H3. The van der Waals surface area contributed by atoms with Crippen molar-refractivity contribution in [3.63, 3.8) is 0 Å². The maximum atomic E-state index is 13.7. The molecule has 1 unspecified atom stereocenters. The van der Waals surface area contributed by atoms with Gasteiger partial charge in [0.2, 0.25) is 10.0 Å². The molecular formula is C18H21FN2O3S. The van der Waals surface area contributed by atoms with E-state index in [9.17, 15) is 12.8 Å². The summed E-state index contributed by atoms with van der Waals surface area (Å²) in [7, 11) is -2.28. The van der Waals surface area contributed by atoms with Gasteiger partial charge in [-0.3, -0.25) is 0 Å². The van der Waals surface area contributed by atoms with Crippen LogP contribution >= 0.6 is 0 Å². The molecule has 0 saturated carbocycles. The van der Waals surface area contributed by atoms with Crippen molar-refractivity contribution in [1.29, 1.82) is 0 Å². The lowest BCUT2D eigenvalue weighted by Gasteiger charge is -2.36. The van der Waals surface area contributed by atoms with Crippen molar-refractivity contribution >= 4 is 10.0 Å². The molecular weight excluding hydrogens is 343 g/mol. The van der Waals surface area contributed by atoms with E-state index in [1.807, 2.05) is 24.3 Å². The monoisotopic (exact) mass is 364 g/mol. The van der Waals surface area contributed by atoms with E-state index < -0.39 is 21.9 Å². The van der Waals surface area contributed by atoms with Crippen LogP contribution in [-0.2, 0) is 10.0 Å². The molecule has 0 spiro atoms. The zero-order chi connectivity index (χ0) is 18.0. The third kappa shape index (κ3) is 3.40. The van der Waals surface area contributed by atoms with Gasteiger partial charge in [0.05, 0.1) is 18.0 Å². The summed E-state index contributed by atoms with van der Waals surface area (Å²) in [6, 6.07) is 10.8. The number of nitrogens with one attached hydrogen (secondary N) is 1. The summed E-state index contributed by atoms with van der Waals surface area (Å²) >= 11 is 0. The second-order valence-corrected chi connectivity index (χ2v) is 7.85. The molecule has 1 N–H and O–H groups in total. The van der Waals surface area contributed by atoms with Gasteiger partial charge in [-0.05, 0) is 30.7 Å². The highest BCUT2D eigenvalue weighted by molar-refractivity contribution is 7.89. The Kier molecular flexibility index (Phi) is 5.08. The number of halogens is 1.